The summed E-state index contributed by atoms with van der Waals surface area (Å²) in [6.45, 7) is -0.00698. The topological polar surface area (TPSA) is 111 Å². The number of amides is 2. The zero-order chi connectivity index (χ0) is 17.9. The lowest BCUT2D eigenvalue weighted by Gasteiger charge is -2.19. The van der Waals surface area contributed by atoms with E-state index in [0.717, 1.165) is 5.56 Å². The van der Waals surface area contributed by atoms with Crippen molar-refractivity contribution < 1.29 is 14.3 Å². The summed E-state index contributed by atoms with van der Waals surface area (Å²) in [4.78, 5) is 24.0. The number of carbonyl (C=O) groups is 2. The predicted octanol–water partition coefficient (Wildman–Crippen LogP) is 1.68. The standard InChI is InChI=1S/C16H14N6O3S/c23-15(6-13(10-3-4-26-8-10)22-9-17-20-21-22)18-11-1-2-14-12(5-11)19-16(24)7-25-14/h1-5,8-9,13H,6-7H2,(H,18,23)(H,19,24). The van der Waals surface area contributed by atoms with E-state index in [2.05, 4.69) is 26.2 Å². The minimum Gasteiger partial charge on any atom is -0.482 e. The van der Waals surface area contributed by atoms with Gasteiger partial charge in [-0.15, -0.1) is 5.10 Å². The van der Waals surface area contributed by atoms with E-state index in [9.17, 15) is 9.59 Å². The van der Waals surface area contributed by atoms with E-state index in [-0.39, 0.29) is 30.9 Å². The lowest BCUT2D eigenvalue weighted by atomic mass is 10.1. The molecule has 0 spiro atoms. The van der Waals surface area contributed by atoms with Crippen LogP contribution < -0.4 is 15.4 Å². The number of benzene rings is 1. The third-order valence-electron chi connectivity index (χ3n) is 3.89. The number of carbonyl (C=O) groups excluding carboxylic acids is 2. The van der Waals surface area contributed by atoms with Crippen molar-refractivity contribution in [3.8, 4) is 5.75 Å². The molecule has 0 bridgehead atoms. The lowest BCUT2D eigenvalue weighted by molar-refractivity contribution is -0.118. The van der Waals surface area contributed by atoms with Crippen molar-refractivity contribution >= 4 is 34.5 Å². The van der Waals surface area contributed by atoms with Gasteiger partial charge in [0, 0.05) is 5.69 Å². The number of thiophene rings is 1. The van der Waals surface area contributed by atoms with Gasteiger partial charge in [0.25, 0.3) is 5.91 Å². The van der Waals surface area contributed by atoms with E-state index in [1.807, 2.05) is 16.8 Å². The summed E-state index contributed by atoms with van der Waals surface area (Å²) >= 11 is 1.54. The molecule has 1 aliphatic rings. The zero-order valence-electron chi connectivity index (χ0n) is 13.5. The number of anilines is 2. The number of nitrogens with zero attached hydrogens (tertiary/aromatic N) is 4. The highest BCUT2D eigenvalue weighted by atomic mass is 32.1. The third-order valence-corrected chi connectivity index (χ3v) is 4.59. The van der Waals surface area contributed by atoms with E-state index < -0.39 is 0 Å². The van der Waals surface area contributed by atoms with Crippen LogP contribution in [0.4, 0.5) is 11.4 Å². The summed E-state index contributed by atoms with van der Waals surface area (Å²) in [7, 11) is 0. The van der Waals surface area contributed by atoms with Crippen molar-refractivity contribution in [1.29, 1.82) is 0 Å². The minimum absolute atomic E-state index is 0.00698. The Morgan fingerprint density at radius 1 is 1.42 bits per heavy atom. The molecule has 0 fully saturated rings. The molecule has 132 valence electrons. The Kier molecular flexibility index (Phi) is 4.32. The van der Waals surface area contributed by atoms with Crippen molar-refractivity contribution in [2.24, 2.45) is 0 Å². The Balaban J connectivity index is 1.49. The van der Waals surface area contributed by atoms with Gasteiger partial charge in [0.2, 0.25) is 5.91 Å². The average Bonchev–Trinajstić information content (AvgIpc) is 3.33. The molecular formula is C16H14N6O3S. The van der Waals surface area contributed by atoms with Crippen LogP contribution in [0.15, 0.2) is 41.4 Å². The molecule has 1 aromatic carbocycles. The first kappa shape index (κ1) is 16.2. The van der Waals surface area contributed by atoms with Gasteiger partial charge in [-0.05, 0) is 51.0 Å². The van der Waals surface area contributed by atoms with Crippen molar-refractivity contribution in [2.75, 3.05) is 17.2 Å². The summed E-state index contributed by atoms with van der Waals surface area (Å²) in [5, 5.41) is 20.7. The quantitative estimate of drug-likeness (QED) is 0.707. The molecule has 2 aromatic heterocycles. The summed E-state index contributed by atoms with van der Waals surface area (Å²) in [5.41, 5.74) is 2.07. The number of aromatic nitrogens is 4. The van der Waals surface area contributed by atoms with Gasteiger partial charge in [-0.25, -0.2) is 4.68 Å². The van der Waals surface area contributed by atoms with Crippen molar-refractivity contribution in [3.05, 3.63) is 46.9 Å². The van der Waals surface area contributed by atoms with Crippen LogP contribution in [0.5, 0.6) is 5.75 Å². The maximum atomic E-state index is 12.5. The van der Waals surface area contributed by atoms with E-state index in [4.69, 9.17) is 4.74 Å². The van der Waals surface area contributed by atoms with Crippen LogP contribution in [0.3, 0.4) is 0 Å². The van der Waals surface area contributed by atoms with Gasteiger partial charge in [-0.1, -0.05) is 0 Å². The Morgan fingerprint density at radius 3 is 3.12 bits per heavy atom. The molecule has 2 amide bonds. The lowest BCUT2D eigenvalue weighted by Crippen LogP contribution is -2.25. The molecule has 0 saturated carbocycles. The number of nitrogens with one attached hydrogen (secondary N) is 2. The second kappa shape index (κ2) is 6.92. The van der Waals surface area contributed by atoms with Crippen LogP contribution in [-0.2, 0) is 9.59 Å². The molecule has 0 aliphatic carbocycles. The Morgan fingerprint density at radius 2 is 2.35 bits per heavy atom. The molecule has 9 nitrogen and oxygen atoms in total. The number of hydrogen-bond acceptors (Lipinski definition) is 7. The van der Waals surface area contributed by atoms with Crippen LogP contribution in [0, 0.1) is 0 Å². The maximum Gasteiger partial charge on any atom is 0.262 e. The van der Waals surface area contributed by atoms with Crippen molar-refractivity contribution in [2.45, 2.75) is 12.5 Å². The number of fused-ring (bicyclic) bond motifs is 1. The first-order chi connectivity index (χ1) is 12.7. The summed E-state index contributed by atoms with van der Waals surface area (Å²) < 4.78 is 6.87. The van der Waals surface area contributed by atoms with Crippen LogP contribution in [0.25, 0.3) is 0 Å². The minimum atomic E-state index is -0.295. The van der Waals surface area contributed by atoms with Crippen molar-refractivity contribution in [3.63, 3.8) is 0 Å². The smallest absolute Gasteiger partial charge is 0.262 e. The van der Waals surface area contributed by atoms with Crippen LogP contribution in [-0.4, -0.2) is 38.6 Å². The number of tetrazole rings is 1. The molecule has 3 aromatic rings. The van der Waals surface area contributed by atoms with Gasteiger partial charge in [0.05, 0.1) is 18.2 Å². The van der Waals surface area contributed by atoms with Crippen LogP contribution >= 0.6 is 11.3 Å². The zero-order valence-corrected chi connectivity index (χ0v) is 14.3. The molecule has 0 saturated heterocycles. The molecule has 0 radical (unpaired) electrons. The van der Waals surface area contributed by atoms with Crippen molar-refractivity contribution in [1.82, 2.24) is 20.2 Å². The molecule has 1 aliphatic heterocycles. The Bertz CT molecular complexity index is 891. The highest BCUT2D eigenvalue weighted by molar-refractivity contribution is 7.08. The summed E-state index contributed by atoms with van der Waals surface area (Å²) in [5.74, 6) is 0.157. The third kappa shape index (κ3) is 3.40. The second-order valence-corrected chi connectivity index (χ2v) is 6.44. The molecule has 1 unspecified atom stereocenters. The average molecular weight is 370 g/mol. The van der Waals surface area contributed by atoms with Gasteiger partial charge < -0.3 is 15.4 Å². The fraction of sp³-hybridized carbons (Fsp3) is 0.188. The molecular weight excluding hydrogens is 356 g/mol. The van der Waals surface area contributed by atoms with Gasteiger partial charge in [0.1, 0.15) is 12.1 Å². The molecule has 10 heteroatoms. The summed E-state index contributed by atoms with van der Waals surface area (Å²) in [6, 6.07) is 6.75. The highest BCUT2D eigenvalue weighted by Gasteiger charge is 2.21. The first-order valence-electron chi connectivity index (χ1n) is 7.80. The second-order valence-electron chi connectivity index (χ2n) is 5.66. The number of hydrogen-bond donors (Lipinski definition) is 2. The maximum absolute atomic E-state index is 12.5. The molecule has 3 heterocycles. The molecule has 2 N–H and O–H groups in total. The van der Waals surface area contributed by atoms with Gasteiger partial charge in [0.15, 0.2) is 6.61 Å². The van der Waals surface area contributed by atoms with E-state index in [1.165, 1.54) is 6.33 Å². The van der Waals surface area contributed by atoms with Gasteiger partial charge in [-0.2, -0.15) is 11.3 Å². The Labute approximate surface area is 152 Å². The Hall–Kier alpha value is -3.27. The largest absolute Gasteiger partial charge is 0.482 e. The van der Waals surface area contributed by atoms with E-state index in [1.54, 1.807) is 34.2 Å². The SMILES string of the molecule is O=C(CC(c1ccsc1)n1cnnn1)Nc1ccc2c(c1)NC(=O)CO2. The predicted molar refractivity (Wildman–Crippen MR) is 94.1 cm³/mol. The fourth-order valence-electron chi connectivity index (χ4n) is 2.69. The fourth-order valence-corrected chi connectivity index (χ4v) is 3.40. The summed E-state index contributed by atoms with van der Waals surface area (Å²) in [6.07, 6.45) is 1.66. The van der Waals surface area contributed by atoms with E-state index >= 15 is 0 Å². The molecule has 1 atom stereocenters. The monoisotopic (exact) mass is 370 g/mol. The number of rotatable bonds is 5. The van der Waals surface area contributed by atoms with Crippen LogP contribution in [0.2, 0.25) is 0 Å². The van der Waals surface area contributed by atoms with Gasteiger partial charge in [-0.3, -0.25) is 9.59 Å². The van der Waals surface area contributed by atoms with E-state index in [0.29, 0.717) is 17.1 Å². The first-order valence-corrected chi connectivity index (χ1v) is 8.74. The molecule has 26 heavy (non-hydrogen) atoms. The van der Waals surface area contributed by atoms with Crippen LogP contribution in [0.1, 0.15) is 18.0 Å². The molecule has 4 rings (SSSR count). The number of ether oxygens (including phenoxy) is 1. The normalized spacial score (nSPS) is 14.1. The van der Waals surface area contributed by atoms with Gasteiger partial charge >= 0.3 is 0 Å². The highest BCUT2D eigenvalue weighted by Crippen LogP contribution is 2.31.